The fourth-order valence-electron chi connectivity index (χ4n) is 4.44. The van der Waals surface area contributed by atoms with Crippen LogP contribution in [0.2, 0.25) is 0 Å². The molecule has 0 spiro atoms. The van der Waals surface area contributed by atoms with Gasteiger partial charge in [0, 0.05) is 24.0 Å². The first-order valence-electron chi connectivity index (χ1n) is 11.4. The Labute approximate surface area is 196 Å². The van der Waals surface area contributed by atoms with E-state index in [4.69, 9.17) is 9.98 Å². The van der Waals surface area contributed by atoms with E-state index in [1.807, 2.05) is 35.4 Å². The van der Waals surface area contributed by atoms with Crippen molar-refractivity contribution < 1.29 is 13.6 Å². The van der Waals surface area contributed by atoms with E-state index in [2.05, 4.69) is 18.8 Å². The summed E-state index contributed by atoms with van der Waals surface area (Å²) < 4.78 is 29.5. The van der Waals surface area contributed by atoms with E-state index < -0.39 is 11.6 Å². The number of anilines is 1. The van der Waals surface area contributed by atoms with Gasteiger partial charge >= 0.3 is 0 Å². The Kier molecular flexibility index (Phi) is 5.42. The number of hydrogen-bond acceptors (Lipinski definition) is 5. The topological polar surface area (TPSA) is 66.6 Å². The fourth-order valence-corrected chi connectivity index (χ4v) is 4.44. The third-order valence-electron chi connectivity index (χ3n) is 6.36. The Morgan fingerprint density at radius 2 is 1.94 bits per heavy atom. The Bertz CT molecular complexity index is 1300. The van der Waals surface area contributed by atoms with Crippen LogP contribution in [0.3, 0.4) is 0 Å². The number of imidazole rings is 1. The number of aryl methyl sites for hydroxylation is 1. The maximum absolute atomic E-state index is 14.0. The van der Waals surface area contributed by atoms with E-state index in [9.17, 15) is 13.6 Å². The smallest absolute Gasteiger partial charge is 0.283 e. The van der Waals surface area contributed by atoms with Crippen molar-refractivity contribution in [3.63, 3.8) is 0 Å². The quantitative estimate of drug-likeness (QED) is 0.566. The van der Waals surface area contributed by atoms with E-state index in [-0.39, 0.29) is 18.5 Å². The van der Waals surface area contributed by atoms with Crippen molar-refractivity contribution in [3.8, 4) is 11.4 Å². The highest BCUT2D eigenvalue weighted by atomic mass is 19.2. The molecule has 0 saturated carbocycles. The molecule has 0 aliphatic carbocycles. The van der Waals surface area contributed by atoms with E-state index in [1.165, 1.54) is 6.07 Å². The van der Waals surface area contributed by atoms with Crippen LogP contribution in [0.25, 0.3) is 11.4 Å². The van der Waals surface area contributed by atoms with Gasteiger partial charge in [-0.2, -0.15) is 0 Å². The largest absolute Gasteiger partial charge is 0.305 e. The Balaban J connectivity index is 1.71. The molecule has 4 heterocycles. The van der Waals surface area contributed by atoms with Gasteiger partial charge < -0.3 is 4.57 Å². The van der Waals surface area contributed by atoms with Crippen LogP contribution in [0.4, 0.5) is 14.6 Å². The molecule has 5 rings (SSSR count). The first kappa shape index (κ1) is 22.2. The Hall–Kier alpha value is -3.62. The van der Waals surface area contributed by atoms with Gasteiger partial charge in [-0.3, -0.25) is 19.6 Å². The molecule has 2 aromatic heterocycles. The summed E-state index contributed by atoms with van der Waals surface area (Å²) in [6.07, 6.45) is 1.71. The average molecular weight is 465 g/mol. The van der Waals surface area contributed by atoms with Gasteiger partial charge in [0.2, 0.25) is 5.96 Å². The molecule has 0 fully saturated rings. The summed E-state index contributed by atoms with van der Waals surface area (Å²) in [7, 11) is 0. The number of benzene rings is 1. The van der Waals surface area contributed by atoms with Crippen molar-refractivity contribution in [1.82, 2.24) is 19.4 Å². The van der Waals surface area contributed by atoms with Crippen molar-refractivity contribution in [3.05, 3.63) is 65.1 Å². The molecule has 0 bridgehead atoms. The summed E-state index contributed by atoms with van der Waals surface area (Å²) >= 11 is 0. The van der Waals surface area contributed by atoms with Crippen molar-refractivity contribution in [1.29, 1.82) is 0 Å². The predicted octanol–water partition coefficient (Wildman–Crippen LogP) is 4.26. The fraction of sp³-hybridized carbons (Fsp3) is 0.360. The maximum atomic E-state index is 14.0. The summed E-state index contributed by atoms with van der Waals surface area (Å²) in [6, 6.07) is 7.64. The molecule has 0 N–H and O–H groups in total. The lowest BCUT2D eigenvalue weighted by Crippen LogP contribution is -2.50. The van der Waals surface area contributed by atoms with E-state index in [0.717, 1.165) is 17.3 Å². The number of carbonyl (C=O) groups excluding carboxylic acids is 1. The van der Waals surface area contributed by atoms with Crippen LogP contribution in [-0.4, -0.2) is 50.4 Å². The number of aromatic nitrogens is 3. The summed E-state index contributed by atoms with van der Waals surface area (Å²) in [5.74, 6) is 0.0286. The van der Waals surface area contributed by atoms with Crippen LogP contribution in [0.5, 0.6) is 0 Å². The summed E-state index contributed by atoms with van der Waals surface area (Å²) in [5, 5.41) is 0. The van der Waals surface area contributed by atoms with Crippen LogP contribution < -0.4 is 4.90 Å². The molecule has 176 valence electrons. The zero-order valence-corrected chi connectivity index (χ0v) is 19.6. The zero-order chi connectivity index (χ0) is 24.1. The van der Waals surface area contributed by atoms with Crippen molar-refractivity contribution in [2.24, 2.45) is 10.9 Å². The minimum atomic E-state index is -0.915. The van der Waals surface area contributed by atoms with E-state index >= 15 is 0 Å². The number of halogens is 2. The second-order valence-corrected chi connectivity index (χ2v) is 9.03. The van der Waals surface area contributed by atoms with Gasteiger partial charge in [0.05, 0.1) is 19.1 Å². The molecule has 34 heavy (non-hydrogen) atoms. The second-order valence-electron chi connectivity index (χ2n) is 9.03. The molecule has 3 aromatic rings. The molecule has 2 aliphatic heterocycles. The lowest BCUT2D eigenvalue weighted by Gasteiger charge is -2.33. The molecule has 0 radical (unpaired) electrons. The first-order chi connectivity index (χ1) is 16.3. The van der Waals surface area contributed by atoms with Crippen molar-refractivity contribution >= 4 is 17.7 Å². The zero-order valence-electron chi connectivity index (χ0n) is 19.6. The Morgan fingerprint density at radius 1 is 1.15 bits per heavy atom. The molecule has 2 aliphatic rings. The molecule has 7 nitrogen and oxygen atoms in total. The summed E-state index contributed by atoms with van der Waals surface area (Å²) in [6.45, 7) is 9.30. The Morgan fingerprint density at radius 3 is 2.59 bits per heavy atom. The first-order valence-corrected chi connectivity index (χ1v) is 11.4. The van der Waals surface area contributed by atoms with Gasteiger partial charge in [0.25, 0.3) is 5.91 Å². The summed E-state index contributed by atoms with van der Waals surface area (Å²) in [5.41, 5.74) is 2.47. The highest BCUT2D eigenvalue weighted by molar-refractivity contribution is 6.18. The number of rotatable bonds is 5. The van der Waals surface area contributed by atoms with Crippen molar-refractivity contribution in [2.75, 3.05) is 18.0 Å². The summed E-state index contributed by atoms with van der Waals surface area (Å²) in [4.78, 5) is 31.2. The molecule has 1 aromatic carbocycles. The molecule has 9 heteroatoms. The van der Waals surface area contributed by atoms with Gasteiger partial charge in [-0.05, 0) is 49.6 Å². The minimum absolute atomic E-state index is 0.0268. The number of aliphatic imine (C=N–C) groups is 1. The second kappa shape index (κ2) is 8.30. The number of nitrogens with zero attached hydrogens (tertiary/aromatic N) is 6. The molecule has 1 amide bonds. The monoisotopic (exact) mass is 464 g/mol. The lowest BCUT2D eigenvalue weighted by molar-refractivity contribution is 0.0841. The molecule has 0 unspecified atom stereocenters. The SMILES string of the molecule is CCN1C(=O)c2nc(-c3ccc(C)nc3)n(Cc3ccc(F)c(F)c3)c2N2C[C@@H](C(C)C)N=C12. The number of carbonyl (C=O) groups is 1. The van der Waals surface area contributed by atoms with E-state index in [1.54, 1.807) is 17.2 Å². The normalized spacial score (nSPS) is 17.3. The molecular weight excluding hydrogens is 438 g/mol. The number of hydrogen-bond donors (Lipinski definition) is 0. The third-order valence-corrected chi connectivity index (χ3v) is 6.36. The number of amides is 1. The van der Waals surface area contributed by atoms with E-state index in [0.29, 0.717) is 47.9 Å². The van der Waals surface area contributed by atoms with Crippen LogP contribution in [-0.2, 0) is 6.54 Å². The van der Waals surface area contributed by atoms with Gasteiger partial charge in [-0.15, -0.1) is 0 Å². The molecule has 0 saturated heterocycles. The van der Waals surface area contributed by atoms with Crippen LogP contribution in [0.1, 0.15) is 42.5 Å². The predicted molar refractivity (Wildman–Crippen MR) is 126 cm³/mol. The average Bonchev–Trinajstić information content (AvgIpc) is 3.40. The highest BCUT2D eigenvalue weighted by Crippen LogP contribution is 2.37. The van der Waals surface area contributed by atoms with Gasteiger partial charge in [-0.1, -0.05) is 19.9 Å². The number of fused-ring (bicyclic) bond motifs is 3. The third kappa shape index (κ3) is 3.55. The minimum Gasteiger partial charge on any atom is -0.305 e. The lowest BCUT2D eigenvalue weighted by atomic mass is 10.1. The molecule has 1 atom stereocenters. The van der Waals surface area contributed by atoms with Crippen molar-refractivity contribution in [2.45, 2.75) is 40.3 Å². The standard InChI is InChI=1S/C25H26F2N6O/c1-5-31-24(34)21-23(33-13-20(14(2)3)29-25(31)33)32(12-16-7-9-18(26)19(27)10-16)22(30-21)17-8-6-15(4)28-11-17/h6-11,14,20H,5,12-13H2,1-4H3/t20-/m0/s1. The van der Waals surface area contributed by atoms with Crippen LogP contribution in [0.15, 0.2) is 41.5 Å². The highest BCUT2D eigenvalue weighted by Gasteiger charge is 2.44. The van der Waals surface area contributed by atoms with Crippen LogP contribution >= 0.6 is 0 Å². The van der Waals surface area contributed by atoms with Crippen LogP contribution in [0, 0.1) is 24.5 Å². The molecular formula is C25H26F2N6O. The number of guanidine groups is 1. The van der Waals surface area contributed by atoms with Gasteiger partial charge in [-0.25, -0.2) is 18.8 Å². The number of pyridine rings is 1. The van der Waals surface area contributed by atoms with Gasteiger partial charge in [0.1, 0.15) is 11.6 Å². The van der Waals surface area contributed by atoms with Gasteiger partial charge in [0.15, 0.2) is 17.3 Å². The maximum Gasteiger partial charge on any atom is 0.283 e.